The fourth-order valence-electron chi connectivity index (χ4n) is 1.25. The number of rotatable bonds is 9. The molecule has 0 aromatic rings. The molecule has 0 fully saturated rings. The second-order valence-corrected chi connectivity index (χ2v) is 3.70. The van der Waals surface area contributed by atoms with E-state index in [0.717, 1.165) is 12.8 Å². The van der Waals surface area contributed by atoms with Crippen molar-refractivity contribution < 1.29 is 5.11 Å². The molecule has 2 nitrogen and oxygen atoms in total. The molecule has 14 heavy (non-hydrogen) atoms. The maximum absolute atomic E-state index is 9.17. The molecule has 2 heteroatoms. The number of aliphatic hydroxyl groups excluding tert-OH is 1. The van der Waals surface area contributed by atoms with E-state index in [2.05, 4.69) is 18.3 Å². The van der Waals surface area contributed by atoms with Crippen molar-refractivity contribution in [3.05, 3.63) is 12.3 Å². The van der Waals surface area contributed by atoms with Crippen LogP contribution in [0.3, 0.4) is 0 Å². The van der Waals surface area contributed by atoms with Crippen LogP contribution in [0, 0.1) is 0 Å². The summed E-state index contributed by atoms with van der Waals surface area (Å²) in [5.41, 5.74) is 0. The number of aliphatic hydroxyl groups is 1. The van der Waals surface area contributed by atoms with Gasteiger partial charge in [-0.3, -0.25) is 0 Å². The van der Waals surface area contributed by atoms with E-state index in [-0.39, 0.29) is 6.23 Å². The fourth-order valence-corrected chi connectivity index (χ4v) is 1.25. The van der Waals surface area contributed by atoms with Crippen LogP contribution in [0.5, 0.6) is 0 Å². The van der Waals surface area contributed by atoms with Crippen molar-refractivity contribution >= 4 is 0 Å². The Hall–Kier alpha value is -0.500. The van der Waals surface area contributed by atoms with Crippen molar-refractivity contribution in [2.45, 2.75) is 65.0 Å². The zero-order chi connectivity index (χ0) is 10.6. The Morgan fingerprint density at radius 2 is 1.86 bits per heavy atom. The van der Waals surface area contributed by atoms with Crippen molar-refractivity contribution in [2.24, 2.45) is 0 Å². The summed E-state index contributed by atoms with van der Waals surface area (Å²) >= 11 is 0. The molecule has 0 spiro atoms. The first-order valence-electron chi connectivity index (χ1n) is 5.90. The molecule has 0 aliphatic rings. The quantitative estimate of drug-likeness (QED) is 0.441. The smallest absolute Gasteiger partial charge is 0.123 e. The Labute approximate surface area is 88.4 Å². The summed E-state index contributed by atoms with van der Waals surface area (Å²) in [4.78, 5) is 0. The van der Waals surface area contributed by atoms with Gasteiger partial charge in [-0.25, -0.2) is 0 Å². The van der Waals surface area contributed by atoms with Gasteiger partial charge in [-0.05, 0) is 25.5 Å². The van der Waals surface area contributed by atoms with Crippen molar-refractivity contribution in [1.82, 2.24) is 5.32 Å². The Morgan fingerprint density at radius 1 is 1.14 bits per heavy atom. The lowest BCUT2D eigenvalue weighted by Gasteiger charge is -2.05. The van der Waals surface area contributed by atoms with Crippen molar-refractivity contribution in [3.63, 3.8) is 0 Å². The van der Waals surface area contributed by atoms with E-state index >= 15 is 0 Å². The highest BCUT2D eigenvalue weighted by Gasteiger charge is 1.92. The second-order valence-electron chi connectivity index (χ2n) is 3.70. The van der Waals surface area contributed by atoms with E-state index in [1.807, 2.05) is 13.1 Å². The second kappa shape index (κ2) is 10.6. The van der Waals surface area contributed by atoms with Crippen LogP contribution in [0.1, 0.15) is 58.8 Å². The van der Waals surface area contributed by atoms with E-state index in [1.165, 1.54) is 32.1 Å². The van der Waals surface area contributed by atoms with Gasteiger partial charge in [-0.1, -0.05) is 45.6 Å². The van der Waals surface area contributed by atoms with Gasteiger partial charge >= 0.3 is 0 Å². The van der Waals surface area contributed by atoms with Crippen LogP contribution < -0.4 is 5.32 Å². The Bertz CT molecular complexity index is 134. The molecule has 0 aromatic carbocycles. The monoisotopic (exact) mass is 199 g/mol. The number of allylic oxidation sites excluding steroid dienone is 1. The lowest BCUT2D eigenvalue weighted by Crippen LogP contribution is -2.21. The van der Waals surface area contributed by atoms with Gasteiger partial charge in [0.05, 0.1) is 0 Å². The van der Waals surface area contributed by atoms with E-state index < -0.39 is 0 Å². The summed E-state index contributed by atoms with van der Waals surface area (Å²) in [5.74, 6) is 0. The average Bonchev–Trinajstić information content (AvgIpc) is 2.21. The van der Waals surface area contributed by atoms with Crippen LogP contribution in [-0.4, -0.2) is 11.3 Å². The molecule has 0 heterocycles. The summed E-state index contributed by atoms with van der Waals surface area (Å²) in [6.45, 7) is 4.19. The first-order valence-corrected chi connectivity index (χ1v) is 5.90. The van der Waals surface area contributed by atoms with Crippen LogP contribution in [0.2, 0.25) is 0 Å². The molecular weight excluding hydrogens is 174 g/mol. The normalized spacial score (nSPS) is 13.4. The van der Waals surface area contributed by atoms with Crippen molar-refractivity contribution in [2.75, 3.05) is 0 Å². The molecule has 0 radical (unpaired) electrons. The van der Waals surface area contributed by atoms with Crippen LogP contribution in [-0.2, 0) is 0 Å². The molecule has 0 saturated carbocycles. The van der Waals surface area contributed by atoms with Crippen molar-refractivity contribution in [3.8, 4) is 0 Å². The highest BCUT2D eigenvalue weighted by Crippen LogP contribution is 2.04. The molecule has 0 aliphatic carbocycles. The molecule has 0 bridgehead atoms. The number of unbranched alkanes of at least 4 members (excludes halogenated alkanes) is 5. The van der Waals surface area contributed by atoms with Gasteiger partial charge in [0.1, 0.15) is 6.23 Å². The Morgan fingerprint density at radius 3 is 2.50 bits per heavy atom. The van der Waals surface area contributed by atoms with Gasteiger partial charge in [-0.15, -0.1) is 0 Å². The molecule has 1 atom stereocenters. The highest BCUT2D eigenvalue weighted by molar-refractivity contribution is 4.79. The molecule has 84 valence electrons. The predicted molar refractivity (Wildman–Crippen MR) is 61.9 cm³/mol. The summed E-state index contributed by atoms with van der Waals surface area (Å²) in [5, 5.41) is 12.1. The summed E-state index contributed by atoms with van der Waals surface area (Å²) in [6, 6.07) is 0. The number of hydrogen-bond donors (Lipinski definition) is 2. The molecule has 0 saturated heterocycles. The lowest BCUT2D eigenvalue weighted by molar-refractivity contribution is 0.149. The SMILES string of the molecule is CCCCCCCC=CNC(O)CC. The van der Waals surface area contributed by atoms with E-state index in [9.17, 15) is 0 Å². The molecule has 0 amide bonds. The van der Waals surface area contributed by atoms with Crippen LogP contribution in [0.15, 0.2) is 12.3 Å². The Kier molecular flexibility index (Phi) is 10.2. The van der Waals surface area contributed by atoms with Gasteiger partial charge in [0.25, 0.3) is 0 Å². The van der Waals surface area contributed by atoms with Crippen LogP contribution >= 0.6 is 0 Å². The molecule has 0 aromatic heterocycles. The predicted octanol–water partition coefficient (Wildman–Crippen LogP) is 3.18. The van der Waals surface area contributed by atoms with Gasteiger partial charge in [0.2, 0.25) is 0 Å². The third-order valence-corrected chi connectivity index (χ3v) is 2.27. The first kappa shape index (κ1) is 13.5. The highest BCUT2D eigenvalue weighted by atomic mass is 16.3. The third-order valence-electron chi connectivity index (χ3n) is 2.27. The van der Waals surface area contributed by atoms with Gasteiger partial charge in [0.15, 0.2) is 0 Å². The summed E-state index contributed by atoms with van der Waals surface area (Å²) in [7, 11) is 0. The minimum absolute atomic E-state index is 0.383. The average molecular weight is 199 g/mol. The summed E-state index contributed by atoms with van der Waals surface area (Å²) in [6.07, 6.45) is 12.1. The third kappa shape index (κ3) is 9.59. The Balaban J connectivity index is 3.10. The van der Waals surface area contributed by atoms with Crippen molar-refractivity contribution in [1.29, 1.82) is 0 Å². The topological polar surface area (TPSA) is 32.3 Å². The van der Waals surface area contributed by atoms with E-state index in [4.69, 9.17) is 5.11 Å². The number of hydrogen-bond acceptors (Lipinski definition) is 2. The zero-order valence-corrected chi connectivity index (χ0v) is 9.63. The molecule has 1 unspecified atom stereocenters. The van der Waals surface area contributed by atoms with E-state index in [1.54, 1.807) is 0 Å². The molecule has 0 aliphatic heterocycles. The molecular formula is C12H25NO. The van der Waals surface area contributed by atoms with Crippen LogP contribution in [0.25, 0.3) is 0 Å². The first-order chi connectivity index (χ1) is 6.81. The summed E-state index contributed by atoms with van der Waals surface area (Å²) < 4.78 is 0. The van der Waals surface area contributed by atoms with E-state index in [0.29, 0.717) is 0 Å². The maximum Gasteiger partial charge on any atom is 0.123 e. The van der Waals surface area contributed by atoms with Gasteiger partial charge in [-0.2, -0.15) is 0 Å². The minimum Gasteiger partial charge on any atom is -0.374 e. The largest absolute Gasteiger partial charge is 0.374 e. The lowest BCUT2D eigenvalue weighted by atomic mass is 10.1. The van der Waals surface area contributed by atoms with Crippen LogP contribution in [0.4, 0.5) is 0 Å². The minimum atomic E-state index is -0.383. The van der Waals surface area contributed by atoms with Gasteiger partial charge in [0, 0.05) is 0 Å². The standard InChI is InChI=1S/C12H25NO/c1-3-5-6-7-8-9-10-11-13-12(14)4-2/h10-14H,3-9H2,1-2H3. The van der Waals surface area contributed by atoms with Gasteiger partial charge < -0.3 is 10.4 Å². The number of nitrogens with one attached hydrogen (secondary N) is 1. The molecule has 0 rings (SSSR count). The molecule has 2 N–H and O–H groups in total. The maximum atomic E-state index is 9.17. The zero-order valence-electron chi connectivity index (χ0n) is 9.63. The fraction of sp³-hybridized carbons (Fsp3) is 0.833.